The number of nitrogens with zero attached hydrogens (tertiary/aromatic N) is 1. The van der Waals surface area contributed by atoms with Crippen LogP contribution in [0.5, 0.6) is 0 Å². The number of anilines is 1. The Morgan fingerprint density at radius 2 is 1.95 bits per heavy atom. The quantitative estimate of drug-likeness (QED) is 0.773. The molecular weight excluding hydrogens is 294 g/mol. The van der Waals surface area contributed by atoms with E-state index in [2.05, 4.69) is 9.69 Å². The van der Waals surface area contributed by atoms with Crippen molar-refractivity contribution in [1.29, 1.82) is 0 Å². The maximum Gasteiger partial charge on any atom is 0.276 e. The molecule has 2 aromatic carbocycles. The number of fused-ring (bicyclic) bond motifs is 1. The highest BCUT2D eigenvalue weighted by Crippen LogP contribution is 2.24. The van der Waals surface area contributed by atoms with E-state index < -0.39 is 17.5 Å². The van der Waals surface area contributed by atoms with E-state index in [1.54, 1.807) is 12.1 Å². The maximum atomic E-state index is 13.7. The molecule has 0 atom stereocenters. The zero-order valence-electron chi connectivity index (χ0n) is 11.0. The Bertz CT molecular complexity index is 845. The minimum Gasteiger partial charge on any atom is -0.318 e. The summed E-state index contributed by atoms with van der Waals surface area (Å²) in [6, 6.07) is 9.26. The lowest BCUT2D eigenvalue weighted by Crippen LogP contribution is -2.14. The summed E-state index contributed by atoms with van der Waals surface area (Å²) in [4.78, 5) is 12.2. The number of aromatic nitrogens is 1. The molecule has 0 fully saturated rings. The van der Waals surface area contributed by atoms with Gasteiger partial charge in [-0.2, -0.15) is 4.37 Å². The zero-order chi connectivity index (χ0) is 15.0. The van der Waals surface area contributed by atoms with Crippen LogP contribution in [0.25, 0.3) is 10.1 Å². The predicted molar refractivity (Wildman–Crippen MR) is 78.7 cm³/mol. The van der Waals surface area contributed by atoms with Gasteiger partial charge in [0.15, 0.2) is 0 Å². The van der Waals surface area contributed by atoms with Crippen LogP contribution in [0.4, 0.5) is 14.5 Å². The summed E-state index contributed by atoms with van der Waals surface area (Å²) in [7, 11) is 0. The third kappa shape index (κ3) is 2.50. The molecule has 21 heavy (non-hydrogen) atoms. The fourth-order valence-electron chi connectivity index (χ4n) is 1.97. The van der Waals surface area contributed by atoms with Crippen LogP contribution in [0, 0.1) is 18.6 Å². The summed E-state index contributed by atoms with van der Waals surface area (Å²) >= 11 is 1.18. The lowest BCUT2D eigenvalue weighted by atomic mass is 10.2. The first kappa shape index (κ1) is 13.6. The standard InChI is InChI=1S/C15H10F2N2OS/c1-8-6-11(17)12(7-10(8)16)18-15(20)14-9-4-2-3-5-13(9)21-19-14/h2-7H,1H3,(H,18,20). The molecule has 0 bridgehead atoms. The predicted octanol–water partition coefficient (Wildman–Crippen LogP) is 4.14. The minimum atomic E-state index is -0.679. The van der Waals surface area contributed by atoms with Gasteiger partial charge >= 0.3 is 0 Å². The normalized spacial score (nSPS) is 10.8. The number of amides is 1. The molecule has 1 heterocycles. The summed E-state index contributed by atoms with van der Waals surface area (Å²) in [5.41, 5.74) is 0.195. The molecular formula is C15H10F2N2OS. The van der Waals surface area contributed by atoms with E-state index in [0.29, 0.717) is 5.39 Å². The Balaban J connectivity index is 1.95. The average molecular weight is 304 g/mol. The van der Waals surface area contributed by atoms with Crippen LogP contribution in [-0.4, -0.2) is 10.3 Å². The van der Waals surface area contributed by atoms with Crippen molar-refractivity contribution in [3.8, 4) is 0 Å². The second-order valence-electron chi connectivity index (χ2n) is 4.56. The SMILES string of the molecule is Cc1cc(F)c(NC(=O)c2nsc3ccccc23)cc1F. The van der Waals surface area contributed by atoms with Crippen molar-refractivity contribution in [2.24, 2.45) is 0 Å². The average Bonchev–Trinajstić information content (AvgIpc) is 2.88. The highest BCUT2D eigenvalue weighted by molar-refractivity contribution is 7.13. The van der Waals surface area contributed by atoms with Crippen LogP contribution in [0.3, 0.4) is 0 Å². The topological polar surface area (TPSA) is 42.0 Å². The van der Waals surface area contributed by atoms with Crippen LogP contribution < -0.4 is 5.32 Å². The van der Waals surface area contributed by atoms with E-state index in [1.807, 2.05) is 12.1 Å². The summed E-state index contributed by atoms with van der Waals surface area (Å²) in [6.45, 7) is 1.46. The fourth-order valence-corrected chi connectivity index (χ4v) is 2.75. The molecule has 106 valence electrons. The Morgan fingerprint density at radius 1 is 1.19 bits per heavy atom. The first-order chi connectivity index (χ1) is 10.1. The number of halogens is 2. The zero-order valence-corrected chi connectivity index (χ0v) is 11.8. The Hall–Kier alpha value is -2.34. The van der Waals surface area contributed by atoms with Crippen molar-refractivity contribution in [1.82, 2.24) is 4.37 Å². The molecule has 0 saturated heterocycles. The van der Waals surface area contributed by atoms with Crippen LogP contribution in [0.1, 0.15) is 16.1 Å². The molecule has 0 aliphatic heterocycles. The molecule has 0 saturated carbocycles. The lowest BCUT2D eigenvalue weighted by Gasteiger charge is -2.07. The number of rotatable bonds is 2. The van der Waals surface area contributed by atoms with Crippen LogP contribution in [0.15, 0.2) is 36.4 Å². The van der Waals surface area contributed by atoms with Crippen LogP contribution >= 0.6 is 11.5 Å². The van der Waals surface area contributed by atoms with E-state index in [9.17, 15) is 13.6 Å². The molecule has 0 radical (unpaired) electrons. The monoisotopic (exact) mass is 304 g/mol. The minimum absolute atomic E-state index is 0.185. The van der Waals surface area contributed by atoms with Crippen molar-refractivity contribution in [3.63, 3.8) is 0 Å². The summed E-state index contributed by atoms with van der Waals surface area (Å²) in [5.74, 6) is -1.81. The van der Waals surface area contributed by atoms with Gasteiger partial charge in [0.25, 0.3) is 5.91 Å². The summed E-state index contributed by atoms with van der Waals surface area (Å²) in [6.07, 6.45) is 0. The smallest absolute Gasteiger partial charge is 0.276 e. The van der Waals surface area contributed by atoms with Gasteiger partial charge in [-0.1, -0.05) is 18.2 Å². The van der Waals surface area contributed by atoms with Gasteiger partial charge in [0, 0.05) is 11.5 Å². The number of hydrogen-bond acceptors (Lipinski definition) is 3. The Kier molecular flexibility index (Phi) is 3.39. The van der Waals surface area contributed by atoms with Gasteiger partial charge in [-0.15, -0.1) is 0 Å². The van der Waals surface area contributed by atoms with Gasteiger partial charge in [0.1, 0.15) is 17.3 Å². The number of hydrogen-bond donors (Lipinski definition) is 1. The number of carbonyl (C=O) groups excluding carboxylic acids is 1. The Morgan fingerprint density at radius 3 is 2.76 bits per heavy atom. The van der Waals surface area contributed by atoms with E-state index in [0.717, 1.165) is 16.8 Å². The number of nitrogens with one attached hydrogen (secondary N) is 1. The van der Waals surface area contributed by atoms with E-state index in [-0.39, 0.29) is 16.9 Å². The maximum absolute atomic E-state index is 13.7. The van der Waals surface area contributed by atoms with Crippen molar-refractivity contribution in [2.75, 3.05) is 5.32 Å². The van der Waals surface area contributed by atoms with Crippen molar-refractivity contribution < 1.29 is 13.6 Å². The number of carbonyl (C=O) groups is 1. The number of aryl methyl sites for hydroxylation is 1. The fraction of sp³-hybridized carbons (Fsp3) is 0.0667. The lowest BCUT2D eigenvalue weighted by molar-refractivity contribution is 0.102. The first-order valence-electron chi connectivity index (χ1n) is 6.17. The third-order valence-corrected chi connectivity index (χ3v) is 3.92. The highest BCUT2D eigenvalue weighted by atomic mass is 32.1. The first-order valence-corrected chi connectivity index (χ1v) is 6.95. The summed E-state index contributed by atoms with van der Waals surface area (Å²) < 4.78 is 32.2. The molecule has 0 aliphatic rings. The molecule has 0 aliphatic carbocycles. The van der Waals surface area contributed by atoms with Crippen LogP contribution in [0.2, 0.25) is 0 Å². The van der Waals surface area contributed by atoms with Gasteiger partial charge in [-0.05, 0) is 36.2 Å². The molecule has 3 nitrogen and oxygen atoms in total. The molecule has 0 spiro atoms. The molecule has 1 amide bonds. The molecule has 3 aromatic rings. The van der Waals surface area contributed by atoms with E-state index in [1.165, 1.54) is 18.5 Å². The van der Waals surface area contributed by atoms with Gasteiger partial charge in [-0.25, -0.2) is 8.78 Å². The molecule has 3 rings (SSSR count). The van der Waals surface area contributed by atoms with Crippen molar-refractivity contribution >= 4 is 33.2 Å². The van der Waals surface area contributed by atoms with Gasteiger partial charge < -0.3 is 5.32 Å². The molecule has 0 unspecified atom stereocenters. The van der Waals surface area contributed by atoms with Gasteiger partial charge in [0.05, 0.1) is 10.4 Å². The van der Waals surface area contributed by atoms with Gasteiger partial charge in [0.2, 0.25) is 0 Å². The van der Waals surface area contributed by atoms with Crippen molar-refractivity contribution in [2.45, 2.75) is 6.92 Å². The highest BCUT2D eigenvalue weighted by Gasteiger charge is 2.16. The van der Waals surface area contributed by atoms with Crippen molar-refractivity contribution in [3.05, 3.63) is 59.3 Å². The second-order valence-corrected chi connectivity index (χ2v) is 5.37. The Labute approximate surface area is 123 Å². The van der Waals surface area contributed by atoms with E-state index >= 15 is 0 Å². The van der Waals surface area contributed by atoms with Gasteiger partial charge in [-0.3, -0.25) is 4.79 Å². The molecule has 1 aromatic heterocycles. The molecule has 1 N–H and O–H groups in total. The van der Waals surface area contributed by atoms with Crippen LogP contribution in [-0.2, 0) is 0 Å². The number of benzene rings is 2. The summed E-state index contributed by atoms with van der Waals surface area (Å²) in [5, 5.41) is 3.05. The molecule has 6 heteroatoms. The van der Waals surface area contributed by atoms with E-state index in [4.69, 9.17) is 0 Å². The second kappa shape index (κ2) is 5.21. The largest absolute Gasteiger partial charge is 0.318 e. The third-order valence-electron chi connectivity index (χ3n) is 3.09.